The highest BCUT2D eigenvalue weighted by atomic mass is 32.2. The van der Waals surface area contributed by atoms with Gasteiger partial charge in [-0.15, -0.1) is 0 Å². The largest absolute Gasteiger partial charge is 0.395 e. The maximum atomic E-state index is 13.3. The number of aliphatic hydroxyl groups excluding tert-OH is 1. The lowest BCUT2D eigenvalue weighted by atomic mass is 10.1. The Morgan fingerprint density at radius 2 is 1.16 bits per heavy atom. The first-order valence-electron chi connectivity index (χ1n) is 10.1. The minimum Gasteiger partial charge on any atom is -0.395 e. The van der Waals surface area contributed by atoms with Crippen LogP contribution in [0.1, 0.15) is 33.4 Å². The number of nitrogens with zero attached hydrogens (tertiary/aromatic N) is 1. The number of benzene rings is 2. The van der Waals surface area contributed by atoms with Crippen molar-refractivity contribution in [1.82, 2.24) is 9.03 Å². The molecule has 9 heteroatoms. The minimum absolute atomic E-state index is 0.0984. The zero-order valence-electron chi connectivity index (χ0n) is 19.0. The van der Waals surface area contributed by atoms with Crippen LogP contribution in [0.15, 0.2) is 34.1 Å². The van der Waals surface area contributed by atoms with E-state index in [2.05, 4.69) is 4.72 Å². The Kier molecular flexibility index (Phi) is 8.04. The maximum absolute atomic E-state index is 13.3. The fraction of sp³-hybridized carbons (Fsp3) is 0.455. The molecule has 7 nitrogen and oxygen atoms in total. The van der Waals surface area contributed by atoms with Gasteiger partial charge in [0.15, 0.2) is 0 Å². The summed E-state index contributed by atoms with van der Waals surface area (Å²) in [6.07, 6.45) is 0. The number of hydrogen-bond donors (Lipinski definition) is 2. The van der Waals surface area contributed by atoms with E-state index in [1.165, 1.54) is 0 Å². The molecule has 0 aliphatic carbocycles. The first kappa shape index (κ1) is 25.5. The van der Waals surface area contributed by atoms with Gasteiger partial charge in [0.2, 0.25) is 20.0 Å². The lowest BCUT2D eigenvalue weighted by molar-refractivity contribution is 0.254. The van der Waals surface area contributed by atoms with Crippen molar-refractivity contribution in [3.05, 3.63) is 57.6 Å². The van der Waals surface area contributed by atoms with Gasteiger partial charge in [0.05, 0.1) is 16.4 Å². The standard InChI is InChI=1S/C22H32N2O5S2/c1-15-11-17(3)21(18(4)12-15)30(26,27)23-7-8-24(9-10-25)31(28,29)22-19(5)13-16(2)14-20(22)6/h11-14,23,25H,7-10H2,1-6H3. The van der Waals surface area contributed by atoms with Crippen molar-refractivity contribution in [3.8, 4) is 0 Å². The third kappa shape index (κ3) is 5.72. The Labute approximate surface area is 186 Å². The molecule has 31 heavy (non-hydrogen) atoms. The zero-order chi connectivity index (χ0) is 23.6. The predicted molar refractivity (Wildman–Crippen MR) is 122 cm³/mol. The molecule has 0 spiro atoms. The molecule has 2 N–H and O–H groups in total. The van der Waals surface area contributed by atoms with Gasteiger partial charge in [-0.2, -0.15) is 4.31 Å². The molecule has 2 aromatic rings. The molecule has 0 aliphatic heterocycles. The molecule has 0 aliphatic rings. The summed E-state index contributed by atoms with van der Waals surface area (Å²) in [5.74, 6) is 0. The molecular weight excluding hydrogens is 436 g/mol. The monoisotopic (exact) mass is 468 g/mol. The van der Waals surface area contributed by atoms with Crippen LogP contribution in [-0.4, -0.2) is 52.5 Å². The van der Waals surface area contributed by atoms with Crippen LogP contribution in [0.3, 0.4) is 0 Å². The van der Waals surface area contributed by atoms with Gasteiger partial charge in [-0.05, 0) is 63.8 Å². The highest BCUT2D eigenvalue weighted by Gasteiger charge is 2.28. The molecule has 0 saturated carbocycles. The third-order valence-electron chi connectivity index (χ3n) is 5.08. The average molecular weight is 469 g/mol. The van der Waals surface area contributed by atoms with E-state index in [-0.39, 0.29) is 36.0 Å². The fourth-order valence-electron chi connectivity index (χ4n) is 4.13. The molecule has 0 fully saturated rings. The van der Waals surface area contributed by atoms with Crippen LogP contribution in [-0.2, 0) is 20.0 Å². The minimum atomic E-state index is -3.91. The average Bonchev–Trinajstić information content (AvgIpc) is 2.58. The van der Waals surface area contributed by atoms with Crippen molar-refractivity contribution in [1.29, 1.82) is 0 Å². The van der Waals surface area contributed by atoms with Crippen LogP contribution in [0.4, 0.5) is 0 Å². The van der Waals surface area contributed by atoms with Gasteiger partial charge >= 0.3 is 0 Å². The van der Waals surface area contributed by atoms with E-state index in [9.17, 15) is 21.9 Å². The Balaban J connectivity index is 2.28. The predicted octanol–water partition coefficient (Wildman–Crippen LogP) is 2.50. The van der Waals surface area contributed by atoms with Crippen molar-refractivity contribution < 1.29 is 21.9 Å². The molecule has 0 amide bonds. The van der Waals surface area contributed by atoms with Crippen molar-refractivity contribution in [2.24, 2.45) is 0 Å². The number of aryl methyl sites for hydroxylation is 6. The summed E-state index contributed by atoms with van der Waals surface area (Å²) in [5, 5.41) is 9.42. The zero-order valence-corrected chi connectivity index (χ0v) is 20.6. The van der Waals surface area contributed by atoms with Crippen molar-refractivity contribution in [2.45, 2.75) is 51.3 Å². The van der Waals surface area contributed by atoms with Gasteiger partial charge in [-0.25, -0.2) is 21.6 Å². The van der Waals surface area contributed by atoms with E-state index in [0.29, 0.717) is 22.3 Å². The summed E-state index contributed by atoms with van der Waals surface area (Å²) >= 11 is 0. The quantitative estimate of drug-likeness (QED) is 0.589. The molecule has 0 atom stereocenters. The first-order valence-corrected chi connectivity index (χ1v) is 13.0. The number of hydrogen-bond acceptors (Lipinski definition) is 5. The third-order valence-corrected chi connectivity index (χ3v) is 9.05. The number of rotatable bonds is 9. The van der Waals surface area contributed by atoms with Gasteiger partial charge in [-0.1, -0.05) is 35.4 Å². The molecule has 2 rings (SSSR count). The van der Waals surface area contributed by atoms with E-state index in [0.717, 1.165) is 15.4 Å². The second-order valence-electron chi connectivity index (χ2n) is 7.98. The number of sulfonamides is 2. The van der Waals surface area contributed by atoms with E-state index >= 15 is 0 Å². The highest BCUT2D eigenvalue weighted by Crippen LogP contribution is 2.25. The first-order chi connectivity index (χ1) is 14.3. The number of nitrogens with one attached hydrogen (secondary N) is 1. The van der Waals surface area contributed by atoms with Crippen molar-refractivity contribution in [2.75, 3.05) is 26.2 Å². The molecule has 2 aromatic carbocycles. The normalized spacial score (nSPS) is 12.5. The van der Waals surface area contributed by atoms with Gasteiger partial charge in [-0.3, -0.25) is 0 Å². The molecule has 0 aromatic heterocycles. The smallest absolute Gasteiger partial charge is 0.243 e. The fourth-order valence-corrected chi connectivity index (χ4v) is 7.45. The van der Waals surface area contributed by atoms with Gasteiger partial charge in [0.25, 0.3) is 0 Å². The summed E-state index contributed by atoms with van der Waals surface area (Å²) in [4.78, 5) is 0.402. The van der Waals surface area contributed by atoms with Crippen molar-refractivity contribution >= 4 is 20.0 Å². The topological polar surface area (TPSA) is 104 Å². The van der Waals surface area contributed by atoms with Crippen LogP contribution in [0, 0.1) is 41.5 Å². The second-order valence-corrected chi connectivity index (χ2v) is 11.6. The molecule has 172 valence electrons. The van der Waals surface area contributed by atoms with Gasteiger partial charge in [0.1, 0.15) is 0 Å². The van der Waals surface area contributed by atoms with Crippen molar-refractivity contribution in [3.63, 3.8) is 0 Å². The second kappa shape index (κ2) is 9.79. The Hall–Kier alpha value is -1.78. The molecule has 0 heterocycles. The van der Waals surface area contributed by atoms with E-state index in [4.69, 9.17) is 0 Å². The van der Waals surface area contributed by atoms with E-state index in [1.54, 1.807) is 52.0 Å². The summed E-state index contributed by atoms with van der Waals surface area (Å²) in [6, 6.07) is 7.19. The van der Waals surface area contributed by atoms with Crippen LogP contribution in [0.25, 0.3) is 0 Å². The van der Waals surface area contributed by atoms with Gasteiger partial charge < -0.3 is 5.11 Å². The molecule has 0 unspecified atom stereocenters. The molecule has 0 saturated heterocycles. The van der Waals surface area contributed by atoms with E-state index < -0.39 is 20.0 Å². The molecule has 0 bridgehead atoms. The highest BCUT2D eigenvalue weighted by molar-refractivity contribution is 7.89. The molecule has 0 radical (unpaired) electrons. The summed E-state index contributed by atoms with van der Waals surface area (Å²) in [7, 11) is -7.72. The molecular formula is C22H32N2O5S2. The Bertz CT molecular complexity index is 1130. The van der Waals surface area contributed by atoms with Crippen LogP contribution in [0.5, 0.6) is 0 Å². The van der Waals surface area contributed by atoms with Crippen LogP contribution in [0.2, 0.25) is 0 Å². The van der Waals surface area contributed by atoms with Gasteiger partial charge in [0, 0.05) is 19.6 Å². The van der Waals surface area contributed by atoms with Crippen LogP contribution < -0.4 is 4.72 Å². The summed E-state index contributed by atoms with van der Waals surface area (Å²) < 4.78 is 55.9. The van der Waals surface area contributed by atoms with E-state index in [1.807, 2.05) is 13.8 Å². The number of aliphatic hydroxyl groups is 1. The SMILES string of the molecule is Cc1cc(C)c(S(=O)(=O)NCCN(CCO)S(=O)(=O)c2c(C)cc(C)cc2C)c(C)c1. The summed E-state index contributed by atoms with van der Waals surface area (Å²) in [5.41, 5.74) is 4.43. The Morgan fingerprint density at radius 1 is 0.742 bits per heavy atom. The lowest BCUT2D eigenvalue weighted by Crippen LogP contribution is -2.40. The lowest BCUT2D eigenvalue weighted by Gasteiger charge is -2.24. The summed E-state index contributed by atoms with van der Waals surface area (Å²) in [6.45, 7) is 10.0. The Morgan fingerprint density at radius 3 is 1.58 bits per heavy atom. The maximum Gasteiger partial charge on any atom is 0.243 e. The van der Waals surface area contributed by atoms with Crippen LogP contribution >= 0.6 is 0 Å².